The van der Waals surface area contributed by atoms with E-state index in [0.717, 1.165) is 11.1 Å². The topological polar surface area (TPSA) is 95.6 Å². The fourth-order valence-corrected chi connectivity index (χ4v) is 6.64. The minimum atomic E-state index is -3.81. The zero-order valence-corrected chi connectivity index (χ0v) is 24.0. The second-order valence-electron chi connectivity index (χ2n) is 9.02. The van der Waals surface area contributed by atoms with Crippen molar-refractivity contribution in [1.29, 1.82) is 0 Å². The number of thioether (sulfide) groups is 1. The normalized spacial score (nSPS) is 15.2. The summed E-state index contributed by atoms with van der Waals surface area (Å²) >= 11 is 13.4. The highest BCUT2D eigenvalue weighted by Gasteiger charge is 2.32. The summed E-state index contributed by atoms with van der Waals surface area (Å²) in [6, 6.07) is 26.7. The first-order valence-electron chi connectivity index (χ1n) is 12.1. The van der Waals surface area contributed by atoms with Gasteiger partial charge in [0, 0.05) is 33.5 Å². The molecule has 1 saturated heterocycles. The van der Waals surface area contributed by atoms with E-state index < -0.39 is 10.0 Å². The first-order valence-corrected chi connectivity index (χ1v) is 15.4. The number of amides is 2. The van der Waals surface area contributed by atoms with E-state index in [0.29, 0.717) is 39.3 Å². The Morgan fingerprint density at radius 3 is 2.02 bits per heavy atom. The molecule has 1 atom stereocenters. The van der Waals surface area contributed by atoms with Crippen LogP contribution >= 0.6 is 35.0 Å². The molecule has 0 saturated carbocycles. The minimum absolute atomic E-state index is 0.0524. The summed E-state index contributed by atoms with van der Waals surface area (Å²) < 4.78 is 27.8. The summed E-state index contributed by atoms with van der Waals surface area (Å²) in [6.45, 7) is 0.469. The molecule has 4 aromatic rings. The summed E-state index contributed by atoms with van der Waals surface area (Å²) in [5.74, 6) is 0.108. The van der Waals surface area contributed by atoms with Gasteiger partial charge in [-0.1, -0.05) is 47.5 Å². The van der Waals surface area contributed by atoms with Gasteiger partial charge in [0.05, 0.1) is 10.6 Å². The number of nitrogens with zero attached hydrogens (tertiary/aromatic N) is 1. The Balaban J connectivity index is 1.22. The molecule has 2 amide bonds. The Kier molecular flexibility index (Phi) is 8.37. The van der Waals surface area contributed by atoms with Crippen LogP contribution in [0.2, 0.25) is 10.0 Å². The maximum absolute atomic E-state index is 12.8. The van der Waals surface area contributed by atoms with Crippen LogP contribution in [0, 0.1) is 0 Å². The van der Waals surface area contributed by atoms with Crippen LogP contribution in [0.25, 0.3) is 0 Å². The SMILES string of the molecule is O=C(Nc1ccc(S(=O)(=O)Nc2ccc(Cl)cc2)cc1)c1ccc([C@@H]2SCC(=O)N2Cc2ccc(Cl)cc2)cc1. The number of anilines is 2. The lowest BCUT2D eigenvalue weighted by Gasteiger charge is -2.24. The Labute approximate surface area is 246 Å². The fraction of sp³-hybridized carbons (Fsp3) is 0.103. The van der Waals surface area contributed by atoms with Crippen molar-refractivity contribution in [1.82, 2.24) is 4.90 Å². The van der Waals surface area contributed by atoms with E-state index >= 15 is 0 Å². The van der Waals surface area contributed by atoms with Crippen LogP contribution in [0.3, 0.4) is 0 Å². The van der Waals surface area contributed by atoms with Crippen molar-refractivity contribution >= 4 is 68.2 Å². The van der Waals surface area contributed by atoms with Crippen molar-refractivity contribution in [2.75, 3.05) is 15.8 Å². The fourth-order valence-electron chi connectivity index (χ4n) is 4.14. The Hall–Kier alpha value is -3.50. The monoisotopic (exact) mass is 611 g/mol. The molecule has 0 aromatic heterocycles. The Morgan fingerprint density at radius 2 is 1.40 bits per heavy atom. The molecule has 0 spiro atoms. The average Bonchev–Trinajstić information content (AvgIpc) is 3.31. The summed E-state index contributed by atoms with van der Waals surface area (Å²) in [6.07, 6.45) is 0. The standard InChI is InChI=1S/C29H23Cl2N3O4S2/c30-22-7-1-19(2-8-22)17-34-27(35)18-39-29(34)21-5-3-20(4-6-21)28(36)32-24-13-15-26(16-14-24)40(37,38)33-25-11-9-23(31)10-12-25/h1-16,29,33H,17-18H2,(H,32,36)/t29-/m0/s1. The Morgan fingerprint density at radius 1 is 0.825 bits per heavy atom. The zero-order valence-electron chi connectivity index (χ0n) is 20.9. The zero-order chi connectivity index (χ0) is 28.3. The number of sulfonamides is 1. The van der Waals surface area contributed by atoms with Crippen LogP contribution in [0.1, 0.15) is 26.9 Å². The van der Waals surface area contributed by atoms with E-state index in [1.165, 1.54) is 24.3 Å². The van der Waals surface area contributed by atoms with Crippen molar-refractivity contribution in [2.45, 2.75) is 16.8 Å². The van der Waals surface area contributed by atoms with Gasteiger partial charge in [-0.15, -0.1) is 11.8 Å². The van der Waals surface area contributed by atoms with E-state index in [-0.39, 0.29) is 22.1 Å². The molecule has 0 bridgehead atoms. The third kappa shape index (κ3) is 6.62. The molecular weight excluding hydrogens is 589 g/mol. The number of benzene rings is 4. The third-order valence-electron chi connectivity index (χ3n) is 6.21. The van der Waals surface area contributed by atoms with Gasteiger partial charge in [0.15, 0.2) is 0 Å². The lowest BCUT2D eigenvalue weighted by Crippen LogP contribution is -2.27. The van der Waals surface area contributed by atoms with Crippen LogP contribution in [0.5, 0.6) is 0 Å². The molecule has 1 aliphatic rings. The first-order chi connectivity index (χ1) is 19.2. The number of hydrogen-bond donors (Lipinski definition) is 2. The quantitative estimate of drug-likeness (QED) is 0.228. The molecular formula is C29H23Cl2N3O4S2. The summed E-state index contributed by atoms with van der Waals surface area (Å²) in [5, 5.41) is 3.77. The lowest BCUT2D eigenvalue weighted by atomic mass is 10.1. The van der Waals surface area contributed by atoms with Crippen molar-refractivity contribution < 1.29 is 18.0 Å². The van der Waals surface area contributed by atoms with Crippen LogP contribution in [-0.4, -0.2) is 30.9 Å². The smallest absolute Gasteiger partial charge is 0.261 e. The lowest BCUT2D eigenvalue weighted by molar-refractivity contribution is -0.128. The van der Waals surface area contributed by atoms with Crippen molar-refractivity contribution in [2.24, 2.45) is 0 Å². The molecule has 2 N–H and O–H groups in total. The van der Waals surface area contributed by atoms with Gasteiger partial charge in [-0.25, -0.2) is 8.42 Å². The summed E-state index contributed by atoms with van der Waals surface area (Å²) in [7, 11) is -3.81. The maximum Gasteiger partial charge on any atom is 0.261 e. The number of hydrogen-bond acceptors (Lipinski definition) is 5. The van der Waals surface area contributed by atoms with E-state index in [2.05, 4.69) is 10.0 Å². The van der Waals surface area contributed by atoms with Crippen molar-refractivity contribution in [3.05, 3.63) is 124 Å². The molecule has 11 heteroatoms. The first kappa shape index (κ1) is 28.0. The molecule has 204 valence electrons. The molecule has 1 heterocycles. The van der Waals surface area contributed by atoms with E-state index in [1.54, 1.807) is 60.3 Å². The van der Waals surface area contributed by atoms with E-state index in [4.69, 9.17) is 23.2 Å². The van der Waals surface area contributed by atoms with Crippen molar-refractivity contribution in [3.8, 4) is 0 Å². The number of halogens is 2. The second kappa shape index (κ2) is 11.9. The highest BCUT2D eigenvalue weighted by Crippen LogP contribution is 2.39. The predicted octanol–water partition coefficient (Wildman–Crippen LogP) is 6.82. The molecule has 1 fully saturated rings. The number of nitrogens with one attached hydrogen (secondary N) is 2. The van der Waals surface area contributed by atoms with E-state index in [9.17, 15) is 18.0 Å². The summed E-state index contributed by atoms with van der Waals surface area (Å²) in [4.78, 5) is 27.3. The van der Waals surface area contributed by atoms with Gasteiger partial charge in [-0.3, -0.25) is 14.3 Å². The third-order valence-corrected chi connectivity index (χ3v) is 9.37. The van der Waals surface area contributed by atoms with E-state index in [1.807, 2.05) is 29.2 Å². The van der Waals surface area contributed by atoms with Crippen LogP contribution in [-0.2, 0) is 21.4 Å². The van der Waals surface area contributed by atoms with Gasteiger partial charge < -0.3 is 10.2 Å². The predicted molar refractivity (Wildman–Crippen MR) is 160 cm³/mol. The number of rotatable bonds is 8. The van der Waals surface area contributed by atoms with Crippen molar-refractivity contribution in [3.63, 3.8) is 0 Å². The van der Waals surface area contributed by atoms with Gasteiger partial charge in [-0.2, -0.15) is 0 Å². The molecule has 7 nitrogen and oxygen atoms in total. The Bertz CT molecular complexity index is 1630. The summed E-state index contributed by atoms with van der Waals surface area (Å²) in [5.41, 5.74) is 3.18. The van der Waals surface area contributed by atoms with Crippen LogP contribution in [0.15, 0.2) is 102 Å². The molecule has 0 unspecified atom stereocenters. The van der Waals surface area contributed by atoms with Gasteiger partial charge in [0.1, 0.15) is 5.37 Å². The van der Waals surface area contributed by atoms with Crippen LogP contribution < -0.4 is 10.0 Å². The largest absolute Gasteiger partial charge is 0.322 e. The number of carbonyl (C=O) groups excluding carboxylic acids is 2. The molecule has 0 aliphatic carbocycles. The highest BCUT2D eigenvalue weighted by molar-refractivity contribution is 8.00. The van der Waals surface area contributed by atoms with Gasteiger partial charge in [-0.05, 0) is 83.9 Å². The minimum Gasteiger partial charge on any atom is -0.322 e. The maximum atomic E-state index is 12.8. The van der Waals surface area contributed by atoms with Gasteiger partial charge in [0.2, 0.25) is 5.91 Å². The molecule has 40 heavy (non-hydrogen) atoms. The highest BCUT2D eigenvalue weighted by atomic mass is 35.5. The number of carbonyl (C=O) groups is 2. The second-order valence-corrected chi connectivity index (χ2v) is 12.6. The van der Waals surface area contributed by atoms with Gasteiger partial charge in [0.25, 0.3) is 15.9 Å². The van der Waals surface area contributed by atoms with Gasteiger partial charge >= 0.3 is 0 Å². The molecule has 1 aliphatic heterocycles. The molecule has 5 rings (SSSR count). The molecule has 0 radical (unpaired) electrons. The molecule has 4 aromatic carbocycles. The average molecular weight is 613 g/mol. The van der Waals surface area contributed by atoms with Crippen LogP contribution in [0.4, 0.5) is 11.4 Å².